The third-order valence-corrected chi connectivity index (χ3v) is 7.88. The first kappa shape index (κ1) is 27.8. The first-order valence-corrected chi connectivity index (χ1v) is 13.5. The number of phenols is 1. The number of aryl methyl sites for hydroxylation is 1. The molecular formula is C33H34N2O6. The van der Waals surface area contributed by atoms with Crippen molar-refractivity contribution in [1.29, 1.82) is 0 Å². The first-order valence-electron chi connectivity index (χ1n) is 13.5. The summed E-state index contributed by atoms with van der Waals surface area (Å²) in [5, 5.41) is 17.1. The smallest absolute Gasteiger partial charge is 0.254 e. The second-order valence-corrected chi connectivity index (χ2v) is 10.3. The second-order valence-electron chi connectivity index (χ2n) is 10.3. The molecule has 1 aliphatic carbocycles. The van der Waals surface area contributed by atoms with Gasteiger partial charge < -0.3 is 30.0 Å². The molecule has 0 bridgehead atoms. The van der Waals surface area contributed by atoms with Crippen LogP contribution >= 0.6 is 0 Å². The zero-order valence-corrected chi connectivity index (χ0v) is 23.8. The standard InChI is InChI=1S/C33H34N2O6/c1-18-8-6-7-9-23(18)35-33(38)30-19(2)34-24-14-22(20-10-13-28(40-4)29(17-20)41-5)16-26(37)32(24)31(30)21-11-12-27(39-3)25(36)15-21/h6-13,15,17,22,31,34,36H,14,16H2,1-5H3,(H,35,38)/t22-,31-/m0/s1. The van der Waals surface area contributed by atoms with Gasteiger partial charge in [0.25, 0.3) is 5.91 Å². The lowest BCUT2D eigenvalue weighted by Gasteiger charge is -2.37. The van der Waals surface area contributed by atoms with Gasteiger partial charge in [0.15, 0.2) is 28.8 Å². The molecule has 3 aromatic carbocycles. The average Bonchev–Trinajstić information content (AvgIpc) is 2.96. The summed E-state index contributed by atoms with van der Waals surface area (Å²) < 4.78 is 16.1. The molecule has 0 saturated heterocycles. The number of rotatable bonds is 7. The molecule has 0 fully saturated rings. The SMILES string of the molecule is COc1ccc([C@H]2C(C(=O)Nc3ccccc3C)=C(C)NC3=C2C(=O)C[C@@H](c2ccc(OC)c(OC)c2)C3)cc1O. The highest BCUT2D eigenvalue weighted by Crippen LogP contribution is 2.47. The fraction of sp³-hybridized carbons (Fsp3) is 0.273. The molecule has 212 valence electrons. The van der Waals surface area contributed by atoms with E-state index in [1.165, 1.54) is 7.11 Å². The number of benzene rings is 3. The molecule has 5 rings (SSSR count). The summed E-state index contributed by atoms with van der Waals surface area (Å²) in [6.45, 7) is 3.77. The lowest BCUT2D eigenvalue weighted by atomic mass is 9.71. The van der Waals surface area contributed by atoms with Crippen LogP contribution in [0.2, 0.25) is 0 Å². The van der Waals surface area contributed by atoms with Gasteiger partial charge in [-0.25, -0.2) is 0 Å². The summed E-state index contributed by atoms with van der Waals surface area (Å²) in [6.07, 6.45) is 0.833. The summed E-state index contributed by atoms with van der Waals surface area (Å²) in [6, 6.07) is 18.3. The van der Waals surface area contributed by atoms with Crippen molar-refractivity contribution in [2.75, 3.05) is 26.6 Å². The van der Waals surface area contributed by atoms with Crippen molar-refractivity contribution in [2.24, 2.45) is 0 Å². The van der Waals surface area contributed by atoms with E-state index < -0.39 is 5.92 Å². The predicted octanol–water partition coefficient (Wildman–Crippen LogP) is 5.73. The number of allylic oxidation sites excluding steroid dienone is 3. The Labute approximate surface area is 239 Å². The number of carbonyl (C=O) groups is 2. The second kappa shape index (κ2) is 11.4. The minimum atomic E-state index is -0.675. The Balaban J connectivity index is 1.57. The Bertz CT molecular complexity index is 1590. The van der Waals surface area contributed by atoms with Crippen molar-refractivity contribution in [2.45, 2.75) is 38.5 Å². The molecule has 0 aromatic heterocycles. The van der Waals surface area contributed by atoms with Crippen LogP contribution < -0.4 is 24.8 Å². The molecule has 8 nitrogen and oxygen atoms in total. The maximum atomic E-state index is 14.0. The molecule has 1 heterocycles. The first-order chi connectivity index (χ1) is 19.7. The average molecular weight is 555 g/mol. The van der Waals surface area contributed by atoms with Crippen molar-refractivity contribution in [3.05, 3.63) is 99.9 Å². The van der Waals surface area contributed by atoms with E-state index in [1.54, 1.807) is 32.4 Å². The van der Waals surface area contributed by atoms with Crippen molar-refractivity contribution in [3.8, 4) is 23.0 Å². The topological polar surface area (TPSA) is 106 Å². The monoisotopic (exact) mass is 554 g/mol. The number of methoxy groups -OCH3 is 3. The van der Waals surface area contributed by atoms with E-state index in [9.17, 15) is 14.7 Å². The molecular weight excluding hydrogens is 520 g/mol. The van der Waals surface area contributed by atoms with Gasteiger partial charge in [-0.2, -0.15) is 0 Å². The van der Waals surface area contributed by atoms with Crippen LogP contribution in [0.4, 0.5) is 5.69 Å². The van der Waals surface area contributed by atoms with Gasteiger partial charge in [0.2, 0.25) is 0 Å². The molecule has 0 saturated carbocycles. The van der Waals surface area contributed by atoms with Crippen LogP contribution in [-0.2, 0) is 9.59 Å². The number of para-hydroxylation sites is 1. The van der Waals surface area contributed by atoms with E-state index in [4.69, 9.17) is 14.2 Å². The van der Waals surface area contributed by atoms with Crippen molar-refractivity contribution >= 4 is 17.4 Å². The molecule has 2 aliphatic rings. The number of phenolic OH excluding ortho intramolecular Hbond substituents is 1. The van der Waals surface area contributed by atoms with Crippen LogP contribution in [0.5, 0.6) is 23.0 Å². The van der Waals surface area contributed by atoms with Gasteiger partial charge in [-0.15, -0.1) is 0 Å². The number of ketones is 1. The van der Waals surface area contributed by atoms with Crippen LogP contribution in [0.15, 0.2) is 83.2 Å². The van der Waals surface area contributed by atoms with E-state index in [2.05, 4.69) is 10.6 Å². The van der Waals surface area contributed by atoms with E-state index in [0.29, 0.717) is 51.8 Å². The number of Topliss-reactive ketones (excluding diaryl/α,β-unsaturated/α-hetero) is 1. The van der Waals surface area contributed by atoms with Gasteiger partial charge in [0.1, 0.15) is 0 Å². The lowest BCUT2D eigenvalue weighted by molar-refractivity contribution is -0.116. The van der Waals surface area contributed by atoms with Crippen LogP contribution in [0.3, 0.4) is 0 Å². The Morgan fingerprint density at radius 2 is 1.56 bits per heavy atom. The van der Waals surface area contributed by atoms with E-state index in [-0.39, 0.29) is 29.8 Å². The number of anilines is 1. The summed E-state index contributed by atoms with van der Waals surface area (Å²) in [7, 11) is 4.65. The minimum Gasteiger partial charge on any atom is -0.504 e. The quantitative estimate of drug-likeness (QED) is 0.343. The van der Waals surface area contributed by atoms with Crippen LogP contribution in [-0.4, -0.2) is 38.1 Å². The van der Waals surface area contributed by atoms with E-state index in [1.807, 2.05) is 56.3 Å². The summed E-state index contributed by atoms with van der Waals surface area (Å²) in [5.74, 6) is 0.335. The number of ether oxygens (including phenoxy) is 3. The van der Waals surface area contributed by atoms with Gasteiger partial charge in [0, 0.05) is 40.6 Å². The van der Waals surface area contributed by atoms with Crippen LogP contribution in [0, 0.1) is 6.92 Å². The van der Waals surface area contributed by atoms with Crippen molar-refractivity contribution in [1.82, 2.24) is 5.32 Å². The molecule has 3 N–H and O–H groups in total. The molecule has 0 spiro atoms. The normalized spacial score (nSPS) is 18.4. The Morgan fingerprint density at radius 3 is 2.24 bits per heavy atom. The number of nitrogens with one attached hydrogen (secondary N) is 2. The maximum absolute atomic E-state index is 14.0. The summed E-state index contributed by atoms with van der Waals surface area (Å²) in [4.78, 5) is 27.8. The van der Waals surface area contributed by atoms with Crippen LogP contribution in [0.25, 0.3) is 0 Å². The van der Waals surface area contributed by atoms with Crippen LogP contribution in [0.1, 0.15) is 48.3 Å². The Hall–Kier alpha value is -4.72. The zero-order valence-electron chi connectivity index (χ0n) is 23.8. The molecule has 8 heteroatoms. The highest BCUT2D eigenvalue weighted by atomic mass is 16.5. The van der Waals surface area contributed by atoms with Gasteiger partial charge in [-0.1, -0.05) is 30.3 Å². The molecule has 1 aliphatic heterocycles. The highest BCUT2D eigenvalue weighted by molar-refractivity contribution is 6.10. The number of hydrogen-bond donors (Lipinski definition) is 3. The van der Waals surface area contributed by atoms with Crippen molar-refractivity contribution in [3.63, 3.8) is 0 Å². The fourth-order valence-electron chi connectivity index (χ4n) is 5.81. The summed E-state index contributed by atoms with van der Waals surface area (Å²) in [5.41, 5.74) is 5.59. The third-order valence-electron chi connectivity index (χ3n) is 7.88. The van der Waals surface area contributed by atoms with Gasteiger partial charge >= 0.3 is 0 Å². The zero-order chi connectivity index (χ0) is 29.3. The third kappa shape index (κ3) is 5.25. The van der Waals surface area contributed by atoms with Gasteiger partial charge in [-0.3, -0.25) is 9.59 Å². The number of amides is 1. The molecule has 0 radical (unpaired) electrons. The maximum Gasteiger partial charge on any atom is 0.254 e. The number of aromatic hydroxyl groups is 1. The molecule has 0 unspecified atom stereocenters. The molecule has 41 heavy (non-hydrogen) atoms. The Kier molecular flexibility index (Phi) is 7.75. The Morgan fingerprint density at radius 1 is 0.878 bits per heavy atom. The fourth-order valence-corrected chi connectivity index (χ4v) is 5.81. The highest BCUT2D eigenvalue weighted by Gasteiger charge is 2.41. The molecule has 1 amide bonds. The van der Waals surface area contributed by atoms with E-state index >= 15 is 0 Å². The van der Waals surface area contributed by atoms with Gasteiger partial charge in [-0.05, 0) is 73.2 Å². The van der Waals surface area contributed by atoms with E-state index in [0.717, 1.165) is 16.8 Å². The lowest BCUT2D eigenvalue weighted by Crippen LogP contribution is -2.37. The van der Waals surface area contributed by atoms with Gasteiger partial charge in [0.05, 0.1) is 21.3 Å². The number of hydrogen-bond acceptors (Lipinski definition) is 7. The number of carbonyl (C=O) groups excluding carboxylic acids is 2. The summed E-state index contributed by atoms with van der Waals surface area (Å²) >= 11 is 0. The van der Waals surface area contributed by atoms with Crippen molar-refractivity contribution < 1.29 is 28.9 Å². The molecule has 2 atom stereocenters. The molecule has 3 aromatic rings. The minimum absolute atomic E-state index is 0.0616. The largest absolute Gasteiger partial charge is 0.504 e. The number of dihydropyridines is 1. The predicted molar refractivity (Wildman–Crippen MR) is 157 cm³/mol.